The monoisotopic (exact) mass is 304 g/mol. The Balaban J connectivity index is 2.94. The van der Waals surface area contributed by atoms with Crippen LogP contribution in [0.15, 0.2) is 17.3 Å². The van der Waals surface area contributed by atoms with Crippen LogP contribution in [0.1, 0.15) is 5.56 Å². The van der Waals surface area contributed by atoms with Gasteiger partial charge in [0.25, 0.3) is 0 Å². The number of halogens is 2. The molecule has 0 atom stereocenters. The van der Waals surface area contributed by atoms with Crippen molar-refractivity contribution in [2.45, 2.75) is 0 Å². The predicted octanol–water partition coefficient (Wildman–Crippen LogP) is 1.16. The number of amides is 2. The zero-order chi connectivity index (χ0) is 15.1. The molecule has 20 heavy (non-hydrogen) atoms. The second-order valence-electron chi connectivity index (χ2n) is 3.62. The normalized spacial score (nSPS) is 10.7. The number of aliphatic hydroxyl groups is 1. The van der Waals surface area contributed by atoms with Crippen molar-refractivity contribution in [3.63, 3.8) is 0 Å². The zero-order valence-electron chi connectivity index (χ0n) is 10.6. The first kappa shape index (κ1) is 16.2. The van der Waals surface area contributed by atoms with Gasteiger partial charge in [-0.15, -0.1) is 0 Å². The Morgan fingerprint density at radius 2 is 2.40 bits per heavy atom. The molecular weight excluding hydrogens is 291 g/mol. The molecule has 2 amide bonds. The standard InChI is InChI=1S/C11H14ClFN4O3/c1-20-15-6-7-4-10(9(13)5-8(7)12)16-11(19)17(14)2-3-18/h4-6,18H,2-3,14H2,1H3,(H,16,19). The quantitative estimate of drug-likeness (QED) is 0.329. The van der Waals surface area contributed by atoms with Gasteiger partial charge in [-0.2, -0.15) is 0 Å². The third kappa shape index (κ3) is 4.34. The molecule has 0 spiro atoms. The molecule has 110 valence electrons. The summed E-state index contributed by atoms with van der Waals surface area (Å²) in [6.45, 7) is -0.391. The molecule has 0 heterocycles. The lowest BCUT2D eigenvalue weighted by Gasteiger charge is -2.16. The molecule has 1 rings (SSSR count). The highest BCUT2D eigenvalue weighted by Gasteiger charge is 2.13. The lowest BCUT2D eigenvalue weighted by Crippen LogP contribution is -2.42. The van der Waals surface area contributed by atoms with Crippen LogP contribution in [0.4, 0.5) is 14.9 Å². The van der Waals surface area contributed by atoms with Crippen LogP contribution < -0.4 is 11.2 Å². The van der Waals surface area contributed by atoms with Gasteiger partial charge in [0.05, 0.1) is 30.1 Å². The van der Waals surface area contributed by atoms with Crippen molar-refractivity contribution in [1.29, 1.82) is 0 Å². The first-order chi connectivity index (χ1) is 9.49. The minimum Gasteiger partial charge on any atom is -0.399 e. The lowest BCUT2D eigenvalue weighted by atomic mass is 10.2. The second-order valence-corrected chi connectivity index (χ2v) is 4.03. The first-order valence-electron chi connectivity index (χ1n) is 5.49. The number of hydrogen-bond donors (Lipinski definition) is 3. The number of carbonyl (C=O) groups is 1. The summed E-state index contributed by atoms with van der Waals surface area (Å²) in [5, 5.41) is 15.2. The van der Waals surface area contributed by atoms with Gasteiger partial charge in [-0.25, -0.2) is 15.0 Å². The number of urea groups is 1. The van der Waals surface area contributed by atoms with Crippen LogP contribution in [0.25, 0.3) is 0 Å². The van der Waals surface area contributed by atoms with Gasteiger partial charge >= 0.3 is 6.03 Å². The molecule has 4 N–H and O–H groups in total. The number of carbonyl (C=O) groups excluding carboxylic acids is 1. The van der Waals surface area contributed by atoms with E-state index < -0.39 is 11.8 Å². The molecule has 0 fully saturated rings. The third-order valence-corrected chi connectivity index (χ3v) is 2.55. The number of hydrazine groups is 1. The van der Waals surface area contributed by atoms with Gasteiger partial charge < -0.3 is 15.3 Å². The number of hydrogen-bond acceptors (Lipinski definition) is 5. The molecule has 9 heteroatoms. The molecule has 0 aliphatic rings. The van der Waals surface area contributed by atoms with E-state index in [0.29, 0.717) is 5.56 Å². The minimum atomic E-state index is -0.769. The number of nitrogens with zero attached hydrogens (tertiary/aromatic N) is 2. The van der Waals surface area contributed by atoms with Crippen molar-refractivity contribution in [2.24, 2.45) is 11.0 Å². The Morgan fingerprint density at radius 3 is 3.00 bits per heavy atom. The molecule has 7 nitrogen and oxygen atoms in total. The number of anilines is 1. The number of nitrogens with one attached hydrogen (secondary N) is 1. The van der Waals surface area contributed by atoms with Crippen LogP contribution in [-0.2, 0) is 4.84 Å². The van der Waals surface area contributed by atoms with E-state index >= 15 is 0 Å². The van der Waals surface area contributed by atoms with Crippen molar-refractivity contribution in [3.05, 3.63) is 28.5 Å². The van der Waals surface area contributed by atoms with E-state index in [9.17, 15) is 9.18 Å². The molecule has 0 aliphatic carbocycles. The van der Waals surface area contributed by atoms with Crippen molar-refractivity contribution in [3.8, 4) is 0 Å². The Labute approximate surface area is 119 Å². The minimum absolute atomic E-state index is 0.0843. The molecule has 0 radical (unpaired) electrons. The fraction of sp³-hybridized carbons (Fsp3) is 0.273. The predicted molar refractivity (Wildman–Crippen MR) is 73.0 cm³/mol. The number of oxime groups is 1. The first-order valence-corrected chi connectivity index (χ1v) is 5.87. The van der Waals surface area contributed by atoms with Crippen LogP contribution in [0.3, 0.4) is 0 Å². The number of aliphatic hydroxyl groups excluding tert-OH is 1. The van der Waals surface area contributed by atoms with Crippen molar-refractivity contribution < 1.29 is 19.1 Å². The molecule has 0 aromatic heterocycles. The summed E-state index contributed by atoms with van der Waals surface area (Å²) in [4.78, 5) is 16.1. The smallest absolute Gasteiger partial charge is 0.336 e. The molecular formula is C11H14ClFN4O3. The molecule has 1 aromatic carbocycles. The molecule has 0 saturated heterocycles. The maximum atomic E-state index is 13.7. The average molecular weight is 305 g/mol. The van der Waals surface area contributed by atoms with E-state index in [1.165, 1.54) is 19.4 Å². The second kappa shape index (κ2) is 7.63. The maximum absolute atomic E-state index is 13.7. The highest BCUT2D eigenvalue weighted by atomic mass is 35.5. The summed E-state index contributed by atoms with van der Waals surface area (Å²) in [6.07, 6.45) is 1.27. The third-order valence-electron chi connectivity index (χ3n) is 2.23. The van der Waals surface area contributed by atoms with E-state index in [4.69, 9.17) is 22.6 Å². The van der Waals surface area contributed by atoms with Gasteiger partial charge in [-0.3, -0.25) is 5.01 Å². The highest BCUT2D eigenvalue weighted by Crippen LogP contribution is 2.23. The van der Waals surface area contributed by atoms with Gasteiger partial charge in [-0.05, 0) is 12.1 Å². The van der Waals surface area contributed by atoms with Crippen LogP contribution in [-0.4, -0.2) is 42.6 Å². The summed E-state index contributed by atoms with van der Waals surface area (Å²) in [5.74, 6) is 4.61. The van der Waals surface area contributed by atoms with E-state index in [1.807, 2.05) is 0 Å². The number of nitrogens with two attached hydrogens (primary N) is 1. The SMILES string of the molecule is CON=Cc1cc(NC(=O)N(N)CCO)c(F)cc1Cl. The summed E-state index contributed by atoms with van der Waals surface area (Å²) >= 11 is 5.82. The van der Waals surface area contributed by atoms with Crippen molar-refractivity contribution in [2.75, 3.05) is 25.6 Å². The summed E-state index contributed by atoms with van der Waals surface area (Å²) in [6, 6.07) is 1.54. The Morgan fingerprint density at radius 1 is 1.70 bits per heavy atom. The topological polar surface area (TPSA) is 100 Å². The number of rotatable bonds is 5. The summed E-state index contributed by atoms with van der Waals surface area (Å²) in [7, 11) is 1.35. The average Bonchev–Trinajstić information content (AvgIpc) is 2.40. The fourth-order valence-electron chi connectivity index (χ4n) is 1.27. The number of benzene rings is 1. The largest absolute Gasteiger partial charge is 0.399 e. The molecule has 1 aromatic rings. The summed E-state index contributed by atoms with van der Waals surface area (Å²) < 4.78 is 13.7. The van der Waals surface area contributed by atoms with Crippen LogP contribution in [0.5, 0.6) is 0 Å². The van der Waals surface area contributed by atoms with Crippen LogP contribution in [0.2, 0.25) is 5.02 Å². The van der Waals surface area contributed by atoms with Gasteiger partial charge in [0.2, 0.25) is 0 Å². The Bertz CT molecular complexity index is 513. The van der Waals surface area contributed by atoms with Gasteiger partial charge in [0.1, 0.15) is 12.9 Å². The van der Waals surface area contributed by atoms with Crippen LogP contribution in [0, 0.1) is 5.82 Å². The van der Waals surface area contributed by atoms with Crippen molar-refractivity contribution in [1.82, 2.24) is 5.01 Å². The Kier molecular flexibility index (Phi) is 6.16. The van der Waals surface area contributed by atoms with E-state index in [2.05, 4.69) is 15.3 Å². The maximum Gasteiger partial charge on any atom is 0.336 e. The molecule has 0 saturated carbocycles. The molecule has 0 aliphatic heterocycles. The van der Waals surface area contributed by atoms with Crippen molar-refractivity contribution >= 4 is 29.5 Å². The highest BCUT2D eigenvalue weighted by molar-refractivity contribution is 6.33. The van der Waals surface area contributed by atoms with Crippen LogP contribution >= 0.6 is 11.6 Å². The zero-order valence-corrected chi connectivity index (χ0v) is 11.4. The molecule has 0 bridgehead atoms. The summed E-state index contributed by atoms with van der Waals surface area (Å²) in [5.41, 5.74) is 0.237. The Hall–Kier alpha value is -1.90. The van der Waals surface area contributed by atoms with Gasteiger partial charge in [0, 0.05) is 5.56 Å². The fourth-order valence-corrected chi connectivity index (χ4v) is 1.47. The van der Waals surface area contributed by atoms with E-state index in [-0.39, 0.29) is 23.9 Å². The lowest BCUT2D eigenvalue weighted by molar-refractivity contribution is 0.190. The van der Waals surface area contributed by atoms with Gasteiger partial charge in [0.15, 0.2) is 0 Å². The van der Waals surface area contributed by atoms with Gasteiger partial charge in [-0.1, -0.05) is 16.8 Å². The van der Waals surface area contributed by atoms with E-state index in [1.54, 1.807) is 0 Å². The van der Waals surface area contributed by atoms with E-state index in [0.717, 1.165) is 11.1 Å². The molecule has 0 unspecified atom stereocenters.